The number of carboxylic acids is 1. The van der Waals surface area contributed by atoms with Crippen LogP contribution in [0.3, 0.4) is 0 Å². The average molecular weight is 727 g/mol. The highest BCUT2D eigenvalue weighted by molar-refractivity contribution is 7.47. The van der Waals surface area contributed by atoms with E-state index in [0.29, 0.717) is 17.4 Å². The molecule has 2 atom stereocenters. The van der Waals surface area contributed by atoms with Gasteiger partial charge in [-0.1, -0.05) is 86.7 Å². The molecule has 0 aliphatic heterocycles. The maximum Gasteiger partial charge on any atom is 0.472 e. The number of unbranched alkanes of at least 4 members (excludes halogenated alkanes) is 6. The molecule has 4 aromatic rings. The fourth-order valence-corrected chi connectivity index (χ4v) is 6.87. The average Bonchev–Trinajstić information content (AvgIpc) is 3.07. The van der Waals surface area contributed by atoms with Gasteiger partial charge in [-0.15, -0.1) is 0 Å². The van der Waals surface area contributed by atoms with Crippen LogP contribution in [0.25, 0.3) is 32.3 Å². The summed E-state index contributed by atoms with van der Waals surface area (Å²) < 4.78 is 33.4. The van der Waals surface area contributed by atoms with E-state index < -0.39 is 38.4 Å². The Morgan fingerprint density at radius 1 is 0.706 bits per heavy atom. The van der Waals surface area contributed by atoms with Gasteiger partial charge in [-0.05, 0) is 63.6 Å². The SMILES string of the molecule is C[N+](C)(C)CCOP(=O)(O)OCC(COC(=O)CCCCCCCCCc1ccc2ccc3cccc4ccc1c2c34)OC(=O)CCCC(=O)O. The molecule has 0 fully saturated rings. The second-order valence-electron chi connectivity index (χ2n) is 14.2. The van der Waals surface area contributed by atoms with E-state index in [9.17, 15) is 23.8 Å². The van der Waals surface area contributed by atoms with Crippen molar-refractivity contribution in [1.82, 2.24) is 0 Å². The summed E-state index contributed by atoms with van der Waals surface area (Å²) in [5, 5.41) is 16.7. The molecule has 0 aliphatic rings. The first-order valence-electron chi connectivity index (χ1n) is 18.0. The minimum atomic E-state index is -4.45. The maximum atomic E-state index is 12.4. The Hall–Kier alpha value is -3.60. The number of hydrogen-bond acceptors (Lipinski definition) is 8. The Labute approximate surface area is 300 Å². The fourth-order valence-electron chi connectivity index (χ4n) is 6.13. The van der Waals surface area contributed by atoms with Crippen molar-refractivity contribution in [3.63, 3.8) is 0 Å². The fraction of sp³-hybridized carbons (Fsp3) is 0.513. The summed E-state index contributed by atoms with van der Waals surface area (Å²) in [5.74, 6) is -2.24. The van der Waals surface area contributed by atoms with E-state index >= 15 is 0 Å². The van der Waals surface area contributed by atoms with Crippen LogP contribution in [0.2, 0.25) is 0 Å². The molecule has 2 N–H and O–H groups in total. The number of likely N-dealkylation sites (N-methyl/N-ethyl adjacent to an activating group) is 1. The lowest BCUT2D eigenvalue weighted by Gasteiger charge is -2.24. The van der Waals surface area contributed by atoms with Crippen LogP contribution in [-0.2, 0) is 43.9 Å². The van der Waals surface area contributed by atoms with Crippen LogP contribution in [0.15, 0.2) is 54.6 Å². The summed E-state index contributed by atoms with van der Waals surface area (Å²) in [6, 6.07) is 19.9. The summed E-state index contributed by atoms with van der Waals surface area (Å²) in [7, 11) is 1.25. The number of phosphoric ester groups is 1. The molecule has 0 amide bonds. The number of carbonyl (C=O) groups excluding carboxylic acids is 2. The molecule has 2 unspecified atom stereocenters. The number of rotatable bonds is 24. The van der Waals surface area contributed by atoms with Gasteiger partial charge in [0.25, 0.3) is 0 Å². The van der Waals surface area contributed by atoms with Gasteiger partial charge in [-0.2, -0.15) is 0 Å². The van der Waals surface area contributed by atoms with Crippen molar-refractivity contribution >= 4 is 58.0 Å². The van der Waals surface area contributed by atoms with Crippen molar-refractivity contribution < 1.29 is 52.0 Å². The third-order valence-corrected chi connectivity index (χ3v) is 9.87. The zero-order valence-electron chi connectivity index (χ0n) is 30.1. The van der Waals surface area contributed by atoms with E-state index in [4.69, 9.17) is 23.6 Å². The number of benzene rings is 4. The molecule has 0 aromatic heterocycles. The van der Waals surface area contributed by atoms with Gasteiger partial charge in [0.05, 0.1) is 27.7 Å². The summed E-state index contributed by atoms with van der Waals surface area (Å²) in [6.07, 6.45) is 6.80. The summed E-state index contributed by atoms with van der Waals surface area (Å²) in [6.45, 7) is -0.480. The Bertz CT molecular complexity index is 1770. The number of hydrogen-bond donors (Lipinski definition) is 2. The topological polar surface area (TPSA) is 146 Å². The second kappa shape index (κ2) is 19.3. The lowest BCUT2D eigenvalue weighted by atomic mass is 9.90. The molecule has 0 saturated heterocycles. The van der Waals surface area contributed by atoms with Crippen molar-refractivity contribution in [2.75, 3.05) is 47.5 Å². The number of quaternary nitrogens is 1. The molecular weight excluding hydrogens is 673 g/mol. The molecule has 0 bridgehead atoms. The van der Waals surface area contributed by atoms with Gasteiger partial charge < -0.3 is 24.0 Å². The molecule has 0 aliphatic carbocycles. The zero-order valence-corrected chi connectivity index (χ0v) is 31.0. The Morgan fingerprint density at radius 3 is 2.00 bits per heavy atom. The number of nitrogens with zero attached hydrogens (tertiary/aromatic N) is 1. The minimum Gasteiger partial charge on any atom is -0.481 e. The van der Waals surface area contributed by atoms with Crippen LogP contribution in [0.1, 0.15) is 76.2 Å². The first kappa shape index (κ1) is 40.2. The number of carbonyl (C=O) groups is 3. The smallest absolute Gasteiger partial charge is 0.472 e. The number of phosphoric acid groups is 1. The first-order chi connectivity index (χ1) is 24.3. The van der Waals surface area contributed by atoms with Crippen molar-refractivity contribution in [3.05, 3.63) is 60.2 Å². The highest BCUT2D eigenvalue weighted by atomic mass is 31.2. The van der Waals surface area contributed by atoms with Crippen LogP contribution in [0.4, 0.5) is 0 Å². The number of aryl methyl sites for hydroxylation is 1. The normalized spacial score (nSPS) is 13.8. The van der Waals surface area contributed by atoms with Crippen LogP contribution in [-0.4, -0.2) is 86.0 Å². The van der Waals surface area contributed by atoms with E-state index in [2.05, 4.69) is 54.6 Å². The standard InChI is InChI=1S/C39H52NO10P/c1-40(2,3)25-26-48-51(45,46)49-28-33(50-37(44)18-12-16-35(41)42)27-47-36(43)17-10-8-6-4-5-7-9-13-29-19-20-32-22-21-30-14-11-15-31-23-24-34(29)39(32)38(30)31/h11,14-15,19-24,33H,4-10,12-13,16-18,25-28H2,1-3H3,(H-,41,42,45,46)/p+1. The summed E-state index contributed by atoms with van der Waals surface area (Å²) in [4.78, 5) is 45.5. The number of carboxylic acid groups (broad SMARTS) is 1. The van der Waals surface area contributed by atoms with Gasteiger partial charge in [0.15, 0.2) is 6.10 Å². The molecule has 12 heteroatoms. The Balaban J connectivity index is 1.12. The highest BCUT2D eigenvalue weighted by Gasteiger charge is 2.27. The quantitative estimate of drug-likeness (QED) is 0.0241. The van der Waals surface area contributed by atoms with Gasteiger partial charge >= 0.3 is 25.7 Å². The Kier molecular flexibility index (Phi) is 15.2. The lowest BCUT2D eigenvalue weighted by molar-refractivity contribution is -0.870. The third kappa shape index (κ3) is 13.5. The summed E-state index contributed by atoms with van der Waals surface area (Å²) in [5.41, 5.74) is 1.40. The molecule has 278 valence electrons. The van der Waals surface area contributed by atoms with Crippen LogP contribution in [0, 0.1) is 0 Å². The Morgan fingerprint density at radius 2 is 1.31 bits per heavy atom. The molecule has 0 saturated carbocycles. The molecule has 0 radical (unpaired) electrons. The zero-order chi connectivity index (χ0) is 36.9. The predicted molar refractivity (Wildman–Crippen MR) is 198 cm³/mol. The van der Waals surface area contributed by atoms with Gasteiger partial charge in [-0.3, -0.25) is 23.4 Å². The monoisotopic (exact) mass is 726 g/mol. The number of ether oxygens (including phenoxy) is 2. The lowest BCUT2D eigenvalue weighted by Crippen LogP contribution is -2.37. The predicted octanol–water partition coefficient (Wildman–Crippen LogP) is 7.80. The van der Waals surface area contributed by atoms with Gasteiger partial charge in [0, 0.05) is 19.3 Å². The van der Waals surface area contributed by atoms with Gasteiger partial charge in [0.1, 0.15) is 19.8 Å². The van der Waals surface area contributed by atoms with E-state index in [-0.39, 0.29) is 38.9 Å². The van der Waals surface area contributed by atoms with E-state index in [1.165, 1.54) is 37.9 Å². The maximum absolute atomic E-state index is 12.4. The van der Waals surface area contributed by atoms with Crippen LogP contribution in [0.5, 0.6) is 0 Å². The van der Waals surface area contributed by atoms with Crippen molar-refractivity contribution in [3.8, 4) is 0 Å². The van der Waals surface area contributed by atoms with Crippen molar-refractivity contribution in [2.45, 2.75) is 83.2 Å². The summed E-state index contributed by atoms with van der Waals surface area (Å²) >= 11 is 0. The molecule has 51 heavy (non-hydrogen) atoms. The molecule has 0 heterocycles. The largest absolute Gasteiger partial charge is 0.481 e. The highest BCUT2D eigenvalue weighted by Crippen LogP contribution is 2.43. The van der Waals surface area contributed by atoms with E-state index in [1.807, 2.05) is 21.1 Å². The molecule has 11 nitrogen and oxygen atoms in total. The van der Waals surface area contributed by atoms with Crippen molar-refractivity contribution in [2.24, 2.45) is 0 Å². The second-order valence-corrected chi connectivity index (χ2v) is 15.7. The molecular formula is C39H53NO10P+. The van der Waals surface area contributed by atoms with Gasteiger partial charge in [-0.25, -0.2) is 4.57 Å². The molecule has 4 rings (SSSR count). The van der Waals surface area contributed by atoms with E-state index in [1.54, 1.807) is 0 Å². The van der Waals surface area contributed by atoms with Gasteiger partial charge in [0.2, 0.25) is 0 Å². The third-order valence-electron chi connectivity index (χ3n) is 8.89. The molecule has 0 spiro atoms. The van der Waals surface area contributed by atoms with Crippen molar-refractivity contribution in [1.29, 1.82) is 0 Å². The van der Waals surface area contributed by atoms with E-state index in [0.717, 1.165) is 44.9 Å². The van der Waals surface area contributed by atoms with Crippen LogP contribution >= 0.6 is 7.82 Å². The first-order valence-corrected chi connectivity index (χ1v) is 19.5. The molecule has 4 aromatic carbocycles. The minimum absolute atomic E-state index is 0.0334. The van der Waals surface area contributed by atoms with Crippen LogP contribution < -0.4 is 0 Å². The number of esters is 2. The number of aliphatic carboxylic acids is 1.